The van der Waals surface area contributed by atoms with E-state index < -0.39 is 0 Å². The van der Waals surface area contributed by atoms with E-state index >= 15 is 0 Å². The number of benzene rings is 2. The third kappa shape index (κ3) is 4.17. The smallest absolute Gasteiger partial charge is 0.259 e. The molecule has 0 radical (unpaired) electrons. The molecule has 0 bridgehead atoms. The summed E-state index contributed by atoms with van der Waals surface area (Å²) in [5, 5.41) is 16.8. The van der Waals surface area contributed by atoms with Gasteiger partial charge in [-0.3, -0.25) is 4.79 Å². The second-order valence-corrected chi connectivity index (χ2v) is 6.12. The van der Waals surface area contributed by atoms with E-state index in [0.717, 1.165) is 5.69 Å². The number of hydrazone groups is 1. The molecular formula is C17H16BrN3O5. The number of aromatic hydroxyl groups is 1. The Hall–Kier alpha value is -2.94. The molecule has 8 nitrogen and oxygen atoms in total. The Labute approximate surface area is 157 Å². The van der Waals surface area contributed by atoms with Crippen LogP contribution in [0.3, 0.4) is 0 Å². The van der Waals surface area contributed by atoms with Gasteiger partial charge in [0, 0.05) is 17.3 Å². The first kappa shape index (κ1) is 17.9. The minimum atomic E-state index is -0.347. The van der Waals surface area contributed by atoms with Gasteiger partial charge in [0.15, 0.2) is 11.5 Å². The van der Waals surface area contributed by atoms with Crippen molar-refractivity contribution in [3.8, 4) is 23.0 Å². The standard InChI is InChI=1S/C17H16BrN3O5/c1-24-12-4-10(17(23)13(18)6-12)7-20-21-16(22)8-19-11-2-3-14-15(5-11)26-9-25-14/h2-7,19,23H,8-9H2,1H3,(H,21,22)/b20-7-. The van der Waals surface area contributed by atoms with Crippen molar-refractivity contribution in [1.82, 2.24) is 5.43 Å². The quantitative estimate of drug-likeness (QED) is 0.489. The molecule has 0 unspecified atom stereocenters. The highest BCUT2D eigenvalue weighted by Gasteiger charge is 2.13. The zero-order valence-corrected chi connectivity index (χ0v) is 15.4. The number of phenolic OH excluding ortho intramolecular Hbond substituents is 1. The average molecular weight is 422 g/mol. The van der Waals surface area contributed by atoms with E-state index in [-0.39, 0.29) is 25.0 Å². The first-order chi connectivity index (χ1) is 12.6. The monoisotopic (exact) mass is 421 g/mol. The maximum Gasteiger partial charge on any atom is 0.259 e. The molecule has 0 fully saturated rings. The van der Waals surface area contributed by atoms with E-state index in [9.17, 15) is 9.90 Å². The van der Waals surface area contributed by atoms with Crippen molar-refractivity contribution < 1.29 is 24.1 Å². The number of nitrogens with one attached hydrogen (secondary N) is 2. The van der Waals surface area contributed by atoms with E-state index in [1.807, 2.05) is 0 Å². The highest BCUT2D eigenvalue weighted by Crippen LogP contribution is 2.34. The zero-order valence-electron chi connectivity index (χ0n) is 13.8. The van der Waals surface area contributed by atoms with Crippen LogP contribution in [0.1, 0.15) is 5.56 Å². The van der Waals surface area contributed by atoms with Crippen LogP contribution in [0.4, 0.5) is 5.69 Å². The summed E-state index contributed by atoms with van der Waals surface area (Å²) in [6.07, 6.45) is 1.33. The largest absolute Gasteiger partial charge is 0.506 e. The highest BCUT2D eigenvalue weighted by molar-refractivity contribution is 9.10. The molecule has 0 aliphatic carbocycles. The van der Waals surface area contributed by atoms with E-state index in [4.69, 9.17) is 14.2 Å². The van der Waals surface area contributed by atoms with Gasteiger partial charge in [-0.25, -0.2) is 5.43 Å². The second-order valence-electron chi connectivity index (χ2n) is 5.26. The van der Waals surface area contributed by atoms with Crippen LogP contribution in [0.2, 0.25) is 0 Å². The molecule has 3 rings (SSSR count). The van der Waals surface area contributed by atoms with Crippen LogP contribution in [-0.4, -0.2) is 37.7 Å². The maximum absolute atomic E-state index is 11.9. The molecule has 136 valence electrons. The van der Waals surface area contributed by atoms with Crippen molar-refractivity contribution in [2.24, 2.45) is 5.10 Å². The molecule has 1 amide bonds. The molecule has 9 heteroatoms. The van der Waals surface area contributed by atoms with Crippen LogP contribution < -0.4 is 25.0 Å². The van der Waals surface area contributed by atoms with E-state index in [0.29, 0.717) is 27.3 Å². The van der Waals surface area contributed by atoms with Crippen molar-refractivity contribution in [3.63, 3.8) is 0 Å². The number of carbonyl (C=O) groups excluding carboxylic acids is 1. The number of rotatable bonds is 6. The van der Waals surface area contributed by atoms with Gasteiger partial charge >= 0.3 is 0 Å². The second kappa shape index (κ2) is 7.96. The van der Waals surface area contributed by atoms with Crippen LogP contribution in [0.25, 0.3) is 0 Å². The third-order valence-corrected chi connectivity index (χ3v) is 4.13. The predicted molar refractivity (Wildman–Crippen MR) is 99.2 cm³/mol. The third-order valence-electron chi connectivity index (χ3n) is 3.52. The molecule has 26 heavy (non-hydrogen) atoms. The van der Waals surface area contributed by atoms with Crippen molar-refractivity contribution in [2.75, 3.05) is 25.8 Å². The highest BCUT2D eigenvalue weighted by atomic mass is 79.9. The number of anilines is 1. The molecular weight excluding hydrogens is 406 g/mol. The first-order valence-corrected chi connectivity index (χ1v) is 8.38. The lowest BCUT2D eigenvalue weighted by Gasteiger charge is -2.07. The fourth-order valence-corrected chi connectivity index (χ4v) is 2.67. The van der Waals surface area contributed by atoms with Crippen molar-refractivity contribution in [2.45, 2.75) is 0 Å². The lowest BCUT2D eigenvalue weighted by atomic mass is 10.2. The number of nitrogens with zero attached hydrogens (tertiary/aromatic N) is 1. The number of halogens is 1. The average Bonchev–Trinajstić information content (AvgIpc) is 3.11. The van der Waals surface area contributed by atoms with Crippen LogP contribution in [0, 0.1) is 0 Å². The first-order valence-electron chi connectivity index (χ1n) is 7.59. The molecule has 0 aromatic heterocycles. The Kier molecular flexibility index (Phi) is 5.47. The number of methoxy groups -OCH3 is 1. The maximum atomic E-state index is 11.9. The molecule has 1 heterocycles. The van der Waals surface area contributed by atoms with Crippen LogP contribution in [0.15, 0.2) is 39.9 Å². The Bertz CT molecular complexity index is 857. The summed E-state index contributed by atoms with van der Waals surface area (Å²) >= 11 is 3.22. The zero-order chi connectivity index (χ0) is 18.5. The Morgan fingerprint density at radius 2 is 2.15 bits per heavy atom. The Morgan fingerprint density at radius 1 is 1.35 bits per heavy atom. The van der Waals surface area contributed by atoms with E-state index in [1.165, 1.54) is 13.3 Å². The number of amides is 1. The van der Waals surface area contributed by atoms with Gasteiger partial charge in [0.05, 0.1) is 24.3 Å². The lowest BCUT2D eigenvalue weighted by molar-refractivity contribution is -0.119. The molecule has 2 aromatic rings. The summed E-state index contributed by atoms with van der Waals surface area (Å²) in [6.45, 7) is 0.214. The van der Waals surface area contributed by atoms with Gasteiger partial charge in [0.1, 0.15) is 11.5 Å². The Morgan fingerprint density at radius 3 is 2.96 bits per heavy atom. The molecule has 0 saturated heterocycles. The summed E-state index contributed by atoms with van der Waals surface area (Å²) < 4.78 is 16.1. The molecule has 2 aromatic carbocycles. The molecule has 0 spiro atoms. The van der Waals surface area contributed by atoms with Gasteiger partial charge in [-0.2, -0.15) is 5.10 Å². The lowest BCUT2D eigenvalue weighted by Crippen LogP contribution is -2.25. The normalized spacial score (nSPS) is 12.2. The van der Waals surface area contributed by atoms with Crippen molar-refractivity contribution in [1.29, 1.82) is 0 Å². The number of fused-ring (bicyclic) bond motifs is 1. The summed E-state index contributed by atoms with van der Waals surface area (Å²) in [7, 11) is 1.52. The van der Waals surface area contributed by atoms with Gasteiger partial charge in [-0.1, -0.05) is 0 Å². The predicted octanol–water partition coefficient (Wildman–Crippen LogP) is 2.45. The number of hydrogen-bond donors (Lipinski definition) is 3. The van der Waals surface area contributed by atoms with Crippen LogP contribution in [-0.2, 0) is 4.79 Å². The number of phenols is 1. The minimum absolute atomic E-state index is 0.00211. The topological polar surface area (TPSA) is 101 Å². The summed E-state index contributed by atoms with van der Waals surface area (Å²) in [4.78, 5) is 11.9. The molecule has 0 saturated carbocycles. The van der Waals surface area contributed by atoms with Crippen molar-refractivity contribution >= 4 is 33.7 Å². The van der Waals surface area contributed by atoms with Crippen LogP contribution >= 0.6 is 15.9 Å². The summed E-state index contributed by atoms with van der Waals surface area (Å²) in [6, 6.07) is 8.53. The molecule has 3 N–H and O–H groups in total. The number of hydrogen-bond acceptors (Lipinski definition) is 7. The summed E-state index contributed by atoms with van der Waals surface area (Å²) in [5.41, 5.74) is 3.51. The molecule has 1 aliphatic rings. The molecule has 1 aliphatic heterocycles. The number of ether oxygens (including phenoxy) is 3. The Balaban J connectivity index is 1.54. The fourth-order valence-electron chi connectivity index (χ4n) is 2.21. The fraction of sp³-hybridized carbons (Fsp3) is 0.176. The van der Waals surface area contributed by atoms with Gasteiger partial charge < -0.3 is 24.6 Å². The van der Waals surface area contributed by atoms with Gasteiger partial charge in [0.25, 0.3) is 5.91 Å². The van der Waals surface area contributed by atoms with Crippen LogP contribution in [0.5, 0.6) is 23.0 Å². The molecule has 0 atom stereocenters. The van der Waals surface area contributed by atoms with Gasteiger partial charge in [-0.15, -0.1) is 0 Å². The van der Waals surface area contributed by atoms with Gasteiger partial charge in [0.2, 0.25) is 6.79 Å². The SMILES string of the molecule is COc1cc(Br)c(O)c(/C=N\NC(=O)CNc2ccc3c(c2)OCO3)c1. The van der Waals surface area contributed by atoms with Gasteiger partial charge in [-0.05, 0) is 40.2 Å². The number of carbonyl (C=O) groups is 1. The van der Waals surface area contributed by atoms with E-state index in [2.05, 4.69) is 31.8 Å². The summed E-state index contributed by atoms with van der Waals surface area (Å²) in [5.74, 6) is 1.51. The minimum Gasteiger partial charge on any atom is -0.506 e. The van der Waals surface area contributed by atoms with E-state index in [1.54, 1.807) is 30.3 Å². The van der Waals surface area contributed by atoms with Crippen molar-refractivity contribution in [3.05, 3.63) is 40.4 Å².